The fourth-order valence-corrected chi connectivity index (χ4v) is 2.90. The summed E-state index contributed by atoms with van der Waals surface area (Å²) in [6.45, 7) is 3.68. The number of hydrogen-bond donors (Lipinski definition) is 1. The number of aromatic nitrogens is 3. The molecule has 1 amide bonds. The van der Waals surface area contributed by atoms with E-state index in [1.54, 1.807) is 29.2 Å². The van der Waals surface area contributed by atoms with Crippen LogP contribution in [0.2, 0.25) is 0 Å². The molecular weight excluding hydrogens is 268 g/mol. The van der Waals surface area contributed by atoms with Crippen LogP contribution in [0.25, 0.3) is 5.65 Å². The van der Waals surface area contributed by atoms with E-state index in [2.05, 4.69) is 22.3 Å². The van der Waals surface area contributed by atoms with Gasteiger partial charge < -0.3 is 10.1 Å². The minimum Gasteiger partial charge on any atom is -0.381 e. The molecule has 1 N–H and O–H groups in total. The van der Waals surface area contributed by atoms with E-state index in [9.17, 15) is 4.79 Å². The molecule has 21 heavy (non-hydrogen) atoms. The molecule has 2 aromatic heterocycles. The number of carbonyl (C=O) groups is 1. The fraction of sp³-hybridized carbons (Fsp3) is 0.533. The van der Waals surface area contributed by atoms with Gasteiger partial charge in [0.1, 0.15) is 5.56 Å². The maximum atomic E-state index is 12.5. The van der Waals surface area contributed by atoms with E-state index in [1.807, 2.05) is 0 Å². The van der Waals surface area contributed by atoms with E-state index < -0.39 is 0 Å². The Hall–Kier alpha value is -1.95. The summed E-state index contributed by atoms with van der Waals surface area (Å²) in [7, 11) is 0. The van der Waals surface area contributed by atoms with Crippen LogP contribution in [0.3, 0.4) is 0 Å². The van der Waals surface area contributed by atoms with Gasteiger partial charge in [0, 0.05) is 31.6 Å². The van der Waals surface area contributed by atoms with Crippen molar-refractivity contribution in [1.82, 2.24) is 19.9 Å². The lowest BCUT2D eigenvalue weighted by Gasteiger charge is -2.30. The van der Waals surface area contributed by atoms with Crippen LogP contribution in [0.1, 0.15) is 36.5 Å². The zero-order valence-electron chi connectivity index (χ0n) is 12.2. The third kappa shape index (κ3) is 2.90. The van der Waals surface area contributed by atoms with Crippen LogP contribution in [0.4, 0.5) is 0 Å². The first-order chi connectivity index (χ1) is 10.3. The first-order valence-corrected chi connectivity index (χ1v) is 7.46. The summed E-state index contributed by atoms with van der Waals surface area (Å²) >= 11 is 0. The topological polar surface area (TPSA) is 68.5 Å². The van der Waals surface area contributed by atoms with Crippen LogP contribution in [0, 0.1) is 5.92 Å². The molecule has 0 spiro atoms. The molecule has 3 heterocycles. The molecule has 1 aliphatic rings. The maximum Gasteiger partial charge on any atom is 0.256 e. The number of rotatable bonds is 4. The second-order valence-corrected chi connectivity index (χ2v) is 5.38. The maximum absolute atomic E-state index is 12.5. The van der Waals surface area contributed by atoms with Gasteiger partial charge in [-0.2, -0.15) is 5.10 Å². The number of hydrogen-bond acceptors (Lipinski definition) is 4. The van der Waals surface area contributed by atoms with E-state index in [-0.39, 0.29) is 11.9 Å². The average molecular weight is 288 g/mol. The highest BCUT2D eigenvalue weighted by Gasteiger charge is 2.25. The largest absolute Gasteiger partial charge is 0.381 e. The predicted molar refractivity (Wildman–Crippen MR) is 78.1 cm³/mol. The van der Waals surface area contributed by atoms with Gasteiger partial charge in [0.2, 0.25) is 0 Å². The smallest absolute Gasteiger partial charge is 0.256 e. The molecule has 3 rings (SSSR count). The molecule has 0 bridgehead atoms. The molecule has 6 heteroatoms. The quantitative estimate of drug-likeness (QED) is 0.929. The zero-order valence-corrected chi connectivity index (χ0v) is 12.2. The van der Waals surface area contributed by atoms with E-state index >= 15 is 0 Å². The van der Waals surface area contributed by atoms with Crippen molar-refractivity contribution in [1.29, 1.82) is 0 Å². The third-order valence-corrected chi connectivity index (χ3v) is 4.12. The third-order valence-electron chi connectivity index (χ3n) is 4.12. The normalized spacial score (nSPS) is 17.8. The summed E-state index contributed by atoms with van der Waals surface area (Å²) in [6.07, 6.45) is 7.97. The van der Waals surface area contributed by atoms with Gasteiger partial charge in [0.15, 0.2) is 5.65 Å². The lowest BCUT2D eigenvalue weighted by Crippen LogP contribution is -2.42. The summed E-state index contributed by atoms with van der Waals surface area (Å²) < 4.78 is 7.01. The van der Waals surface area contributed by atoms with Crippen LogP contribution in [-0.2, 0) is 4.74 Å². The molecule has 112 valence electrons. The van der Waals surface area contributed by atoms with Crippen molar-refractivity contribution in [3.05, 3.63) is 30.2 Å². The van der Waals surface area contributed by atoms with Crippen LogP contribution < -0.4 is 5.32 Å². The lowest BCUT2D eigenvalue weighted by molar-refractivity contribution is 0.0511. The van der Waals surface area contributed by atoms with Gasteiger partial charge in [-0.1, -0.05) is 6.92 Å². The molecule has 0 aromatic carbocycles. The van der Waals surface area contributed by atoms with E-state index in [4.69, 9.17) is 4.74 Å². The second kappa shape index (κ2) is 6.22. The van der Waals surface area contributed by atoms with Gasteiger partial charge in [-0.25, -0.2) is 9.50 Å². The van der Waals surface area contributed by atoms with E-state index in [1.165, 1.54) is 0 Å². The van der Waals surface area contributed by atoms with Gasteiger partial charge in [-0.3, -0.25) is 4.79 Å². The monoisotopic (exact) mass is 288 g/mol. The zero-order chi connectivity index (χ0) is 14.7. The molecule has 0 aliphatic carbocycles. The predicted octanol–water partition coefficient (Wildman–Crippen LogP) is 1.66. The SMILES string of the molecule is CCC(NC(=O)c1cnn2cccnc12)C1CCOCC1. The highest BCUT2D eigenvalue weighted by molar-refractivity contribution is 5.99. The van der Waals surface area contributed by atoms with Crippen molar-refractivity contribution >= 4 is 11.6 Å². The average Bonchev–Trinajstić information content (AvgIpc) is 2.97. The van der Waals surface area contributed by atoms with Crippen LogP contribution in [0.5, 0.6) is 0 Å². The van der Waals surface area contributed by atoms with Crippen LogP contribution >= 0.6 is 0 Å². The minimum absolute atomic E-state index is 0.0953. The van der Waals surface area contributed by atoms with Crippen LogP contribution in [0.15, 0.2) is 24.7 Å². The second-order valence-electron chi connectivity index (χ2n) is 5.38. The minimum atomic E-state index is -0.0953. The summed E-state index contributed by atoms with van der Waals surface area (Å²) in [5, 5.41) is 7.30. The van der Waals surface area contributed by atoms with E-state index in [0.29, 0.717) is 17.1 Å². The fourth-order valence-electron chi connectivity index (χ4n) is 2.90. The molecular formula is C15H20N4O2. The van der Waals surface area contributed by atoms with Crippen molar-refractivity contribution in [2.75, 3.05) is 13.2 Å². The summed E-state index contributed by atoms with van der Waals surface area (Å²) in [5.41, 5.74) is 1.12. The highest BCUT2D eigenvalue weighted by atomic mass is 16.5. The number of carbonyl (C=O) groups excluding carboxylic acids is 1. The first-order valence-electron chi connectivity index (χ1n) is 7.46. The van der Waals surface area contributed by atoms with Gasteiger partial charge in [0.25, 0.3) is 5.91 Å². The number of amides is 1. The van der Waals surface area contributed by atoms with Gasteiger partial charge in [0.05, 0.1) is 6.20 Å². The van der Waals surface area contributed by atoms with Crippen molar-refractivity contribution in [3.63, 3.8) is 0 Å². The molecule has 1 fully saturated rings. The van der Waals surface area contributed by atoms with Crippen molar-refractivity contribution in [2.24, 2.45) is 5.92 Å². The highest BCUT2D eigenvalue weighted by Crippen LogP contribution is 2.21. The summed E-state index contributed by atoms with van der Waals surface area (Å²) in [5.74, 6) is 0.393. The lowest BCUT2D eigenvalue weighted by atomic mass is 9.90. The van der Waals surface area contributed by atoms with Gasteiger partial charge in [-0.05, 0) is 31.2 Å². The van der Waals surface area contributed by atoms with Crippen molar-refractivity contribution in [3.8, 4) is 0 Å². The number of nitrogens with zero attached hydrogens (tertiary/aromatic N) is 3. The van der Waals surface area contributed by atoms with Crippen molar-refractivity contribution in [2.45, 2.75) is 32.2 Å². The molecule has 1 aliphatic heterocycles. The molecule has 2 aromatic rings. The van der Waals surface area contributed by atoms with Crippen molar-refractivity contribution < 1.29 is 9.53 Å². The molecule has 6 nitrogen and oxygen atoms in total. The first kappa shape index (κ1) is 14.0. The molecule has 1 unspecified atom stereocenters. The number of fused-ring (bicyclic) bond motifs is 1. The summed E-state index contributed by atoms with van der Waals surface area (Å²) in [6, 6.07) is 1.97. The number of nitrogens with one attached hydrogen (secondary N) is 1. The Morgan fingerprint density at radius 1 is 1.52 bits per heavy atom. The van der Waals surface area contributed by atoms with Gasteiger partial charge in [-0.15, -0.1) is 0 Å². The Labute approximate surface area is 123 Å². The molecule has 0 saturated carbocycles. The summed E-state index contributed by atoms with van der Waals surface area (Å²) in [4.78, 5) is 16.7. The molecule has 1 atom stereocenters. The number of ether oxygens (including phenoxy) is 1. The van der Waals surface area contributed by atoms with Crippen LogP contribution in [-0.4, -0.2) is 39.8 Å². The van der Waals surface area contributed by atoms with Gasteiger partial charge >= 0.3 is 0 Å². The Bertz CT molecular complexity index is 619. The Morgan fingerprint density at radius 2 is 2.33 bits per heavy atom. The Balaban J connectivity index is 1.75. The standard InChI is InChI=1S/C15H20N4O2/c1-2-13(11-4-8-21-9-5-11)18-15(20)12-10-17-19-7-3-6-16-14(12)19/h3,6-7,10-11,13H,2,4-5,8-9H2,1H3,(H,18,20). The van der Waals surface area contributed by atoms with E-state index in [0.717, 1.165) is 32.5 Å². The Morgan fingerprint density at radius 3 is 3.10 bits per heavy atom. The molecule has 1 saturated heterocycles. The molecule has 0 radical (unpaired) electrons. The Kier molecular flexibility index (Phi) is 4.15.